The molecule has 1 aromatic heterocycles. The number of ether oxygens (including phenoxy) is 1. The van der Waals surface area contributed by atoms with Crippen LogP contribution < -0.4 is 10.2 Å². The van der Waals surface area contributed by atoms with Crippen molar-refractivity contribution in [2.75, 3.05) is 56.0 Å². The third-order valence-electron chi connectivity index (χ3n) is 9.44. The molecule has 3 aliphatic rings. The van der Waals surface area contributed by atoms with Gasteiger partial charge in [-0.3, -0.25) is 4.79 Å². The zero-order valence-electron chi connectivity index (χ0n) is 28.5. The Labute approximate surface area is 287 Å². The van der Waals surface area contributed by atoms with Gasteiger partial charge in [0, 0.05) is 62.0 Å². The average Bonchev–Trinajstić information content (AvgIpc) is 3.07. The fourth-order valence-corrected chi connectivity index (χ4v) is 6.65. The van der Waals surface area contributed by atoms with Crippen molar-refractivity contribution in [3.63, 3.8) is 0 Å². The van der Waals surface area contributed by atoms with Crippen LogP contribution in [0.1, 0.15) is 70.4 Å². The zero-order chi connectivity index (χ0) is 35.2. The summed E-state index contributed by atoms with van der Waals surface area (Å²) in [6.07, 6.45) is 1.85. The van der Waals surface area contributed by atoms with E-state index in [1.165, 1.54) is 12.1 Å². The van der Waals surface area contributed by atoms with Crippen LogP contribution in [0, 0.1) is 36.2 Å². The van der Waals surface area contributed by atoms with Gasteiger partial charge in [-0.15, -0.1) is 0 Å². The standard InChI is InChI=1S/C37H45F3N6O3/c1-36(2,3)49-35(48)46-19-13-28(14-20-46)25-44-17-11-26(12-18-44)5-6-27-7-10-33(42-24-27)43-34(47)29-15-21-45(22-16-29)30-8-9-32(41-4)31(23-30)37(38,39)40/h7-10,23-24,26,28-29H,11-22,25H2,1-3H3,(H,42,43,47). The number of likely N-dealkylation sites (tertiary alicyclic amines) is 2. The summed E-state index contributed by atoms with van der Waals surface area (Å²) in [4.78, 5) is 38.8. The molecule has 0 aliphatic carbocycles. The summed E-state index contributed by atoms with van der Waals surface area (Å²) in [7, 11) is 0. The molecule has 3 saturated heterocycles. The summed E-state index contributed by atoms with van der Waals surface area (Å²) in [6.45, 7) is 18.1. The first-order valence-electron chi connectivity index (χ1n) is 17.1. The SMILES string of the molecule is [C-]#[N+]c1ccc(N2CCC(C(=O)Nc3ccc(C#CC4CCN(CC5CCN(C(=O)OC(C)(C)C)CC5)CC4)cn3)CC2)cc1C(F)(F)F. The summed E-state index contributed by atoms with van der Waals surface area (Å²) in [6, 6.07) is 7.35. The van der Waals surface area contributed by atoms with Crippen molar-refractivity contribution in [3.05, 3.63) is 59.1 Å². The number of hydrogen-bond acceptors (Lipinski definition) is 6. The average molecular weight is 679 g/mol. The van der Waals surface area contributed by atoms with Crippen LogP contribution in [0.3, 0.4) is 0 Å². The molecular formula is C37H45F3N6O3. The fourth-order valence-electron chi connectivity index (χ4n) is 6.65. The zero-order valence-corrected chi connectivity index (χ0v) is 28.5. The Hall–Kier alpha value is -4.29. The number of carbonyl (C=O) groups excluding carboxylic acids is 2. The molecule has 0 radical (unpaired) electrons. The Kier molecular flexibility index (Phi) is 11.4. The first-order valence-corrected chi connectivity index (χ1v) is 17.1. The van der Waals surface area contributed by atoms with Crippen LogP contribution in [0.4, 0.5) is 35.2 Å². The molecule has 0 atom stereocenters. The molecule has 2 amide bonds. The maximum absolute atomic E-state index is 13.4. The Morgan fingerprint density at radius 3 is 2.27 bits per heavy atom. The number of pyridine rings is 1. The number of rotatable bonds is 5. The monoisotopic (exact) mass is 678 g/mol. The van der Waals surface area contributed by atoms with Crippen LogP contribution in [0.15, 0.2) is 36.5 Å². The van der Waals surface area contributed by atoms with Crippen molar-refractivity contribution in [1.29, 1.82) is 0 Å². The third kappa shape index (κ3) is 10.1. The number of hydrogen-bond donors (Lipinski definition) is 1. The number of piperidine rings is 3. The van der Waals surface area contributed by atoms with Crippen molar-refractivity contribution >= 4 is 29.2 Å². The lowest BCUT2D eigenvalue weighted by molar-refractivity contribution is -0.136. The number of anilines is 2. The first-order chi connectivity index (χ1) is 23.3. The molecule has 0 spiro atoms. The summed E-state index contributed by atoms with van der Waals surface area (Å²) in [5.41, 5.74) is -0.646. The van der Waals surface area contributed by atoms with Crippen molar-refractivity contribution < 1.29 is 27.5 Å². The Balaban J connectivity index is 1.02. The topological polar surface area (TPSA) is 82.4 Å². The highest BCUT2D eigenvalue weighted by atomic mass is 19.4. The lowest BCUT2D eigenvalue weighted by Crippen LogP contribution is -2.44. The van der Waals surface area contributed by atoms with Gasteiger partial charge in [0.25, 0.3) is 0 Å². The highest BCUT2D eigenvalue weighted by Gasteiger charge is 2.35. The molecule has 3 fully saturated rings. The van der Waals surface area contributed by atoms with Gasteiger partial charge < -0.3 is 24.8 Å². The molecule has 262 valence electrons. The summed E-state index contributed by atoms with van der Waals surface area (Å²) >= 11 is 0. The molecule has 49 heavy (non-hydrogen) atoms. The van der Waals surface area contributed by atoms with Crippen LogP contribution in [-0.2, 0) is 15.7 Å². The summed E-state index contributed by atoms with van der Waals surface area (Å²) in [5, 5.41) is 2.87. The number of amides is 2. The molecule has 0 bridgehead atoms. The number of nitrogens with zero attached hydrogens (tertiary/aromatic N) is 5. The number of benzene rings is 1. The van der Waals surface area contributed by atoms with E-state index in [0.29, 0.717) is 49.3 Å². The predicted octanol–water partition coefficient (Wildman–Crippen LogP) is 7.22. The van der Waals surface area contributed by atoms with Crippen molar-refractivity contribution in [2.24, 2.45) is 17.8 Å². The minimum Gasteiger partial charge on any atom is -0.444 e. The van der Waals surface area contributed by atoms with E-state index in [2.05, 4.69) is 31.9 Å². The van der Waals surface area contributed by atoms with E-state index < -0.39 is 23.0 Å². The normalized spacial score (nSPS) is 18.7. The molecular weight excluding hydrogens is 633 g/mol. The van der Waals surface area contributed by atoms with Crippen molar-refractivity contribution in [2.45, 2.75) is 71.1 Å². The lowest BCUT2D eigenvalue weighted by atomic mass is 9.93. The van der Waals surface area contributed by atoms with Crippen molar-refractivity contribution in [3.8, 4) is 11.8 Å². The second-order valence-electron chi connectivity index (χ2n) is 14.2. The molecule has 2 aromatic rings. The summed E-state index contributed by atoms with van der Waals surface area (Å²) < 4.78 is 45.7. The van der Waals surface area contributed by atoms with Gasteiger partial charge in [0.05, 0.1) is 12.1 Å². The number of carbonyl (C=O) groups is 2. The van der Waals surface area contributed by atoms with Gasteiger partial charge in [0.1, 0.15) is 11.4 Å². The van der Waals surface area contributed by atoms with Crippen LogP contribution in [0.2, 0.25) is 0 Å². The van der Waals surface area contributed by atoms with E-state index in [0.717, 1.165) is 70.0 Å². The van der Waals surface area contributed by atoms with Crippen LogP contribution in [0.25, 0.3) is 4.85 Å². The second kappa shape index (κ2) is 15.5. The lowest BCUT2D eigenvalue weighted by Gasteiger charge is -2.37. The van der Waals surface area contributed by atoms with Gasteiger partial charge in [0.2, 0.25) is 5.91 Å². The molecule has 0 saturated carbocycles. The van der Waals surface area contributed by atoms with E-state index in [4.69, 9.17) is 11.3 Å². The predicted molar refractivity (Wildman–Crippen MR) is 182 cm³/mol. The second-order valence-corrected chi connectivity index (χ2v) is 14.2. The van der Waals surface area contributed by atoms with Gasteiger partial charge in [0.15, 0.2) is 5.69 Å². The quantitative estimate of drug-likeness (QED) is 0.266. The molecule has 4 heterocycles. The molecule has 9 nitrogen and oxygen atoms in total. The third-order valence-corrected chi connectivity index (χ3v) is 9.44. The number of nitrogens with one attached hydrogen (secondary N) is 1. The van der Waals surface area contributed by atoms with Gasteiger partial charge in [-0.05, 0) is 103 Å². The molecule has 5 rings (SSSR count). The number of alkyl halides is 3. The molecule has 3 aliphatic heterocycles. The highest BCUT2D eigenvalue weighted by molar-refractivity contribution is 5.91. The number of halogens is 3. The summed E-state index contributed by atoms with van der Waals surface area (Å²) in [5.74, 6) is 7.55. The minimum atomic E-state index is -4.60. The van der Waals surface area contributed by atoms with Crippen LogP contribution >= 0.6 is 0 Å². The molecule has 1 N–H and O–H groups in total. The van der Waals surface area contributed by atoms with Gasteiger partial charge in [-0.25, -0.2) is 14.6 Å². The van der Waals surface area contributed by atoms with E-state index in [1.54, 1.807) is 12.3 Å². The first kappa shape index (κ1) is 36.0. The van der Waals surface area contributed by atoms with E-state index in [9.17, 15) is 22.8 Å². The van der Waals surface area contributed by atoms with E-state index in [1.807, 2.05) is 36.6 Å². The smallest absolute Gasteiger partial charge is 0.410 e. The van der Waals surface area contributed by atoms with Crippen LogP contribution in [-0.4, -0.2) is 78.2 Å². The number of aromatic nitrogens is 1. The minimum absolute atomic E-state index is 0.161. The van der Waals surface area contributed by atoms with Gasteiger partial charge >= 0.3 is 12.3 Å². The molecule has 12 heteroatoms. The molecule has 0 unspecified atom stereocenters. The fraction of sp³-hybridized carbons (Fsp3) is 0.568. The van der Waals surface area contributed by atoms with Gasteiger partial charge in [-0.1, -0.05) is 17.9 Å². The van der Waals surface area contributed by atoms with E-state index in [-0.39, 0.29) is 17.9 Å². The van der Waals surface area contributed by atoms with Gasteiger partial charge in [-0.2, -0.15) is 13.2 Å². The van der Waals surface area contributed by atoms with Crippen LogP contribution in [0.5, 0.6) is 0 Å². The largest absolute Gasteiger partial charge is 0.444 e. The maximum atomic E-state index is 13.4. The Bertz CT molecular complexity index is 1560. The van der Waals surface area contributed by atoms with E-state index >= 15 is 0 Å². The molecule has 1 aromatic carbocycles. The maximum Gasteiger partial charge on any atom is 0.410 e. The van der Waals surface area contributed by atoms with Crippen molar-refractivity contribution in [1.82, 2.24) is 14.8 Å². The highest BCUT2D eigenvalue weighted by Crippen LogP contribution is 2.39. The Morgan fingerprint density at radius 2 is 1.67 bits per heavy atom. The Morgan fingerprint density at radius 1 is 0.980 bits per heavy atom.